The van der Waals surface area contributed by atoms with Crippen molar-refractivity contribution in [3.05, 3.63) is 72.8 Å². The number of hydrogen-bond donors (Lipinski definition) is 1. The van der Waals surface area contributed by atoms with Crippen LogP contribution in [0, 0.1) is 5.41 Å². The van der Waals surface area contributed by atoms with E-state index in [9.17, 15) is 13.0 Å². The Bertz CT molecular complexity index is 1040. The van der Waals surface area contributed by atoms with Crippen molar-refractivity contribution in [2.75, 3.05) is 7.11 Å². The second-order valence-electron chi connectivity index (χ2n) is 8.11. The molecule has 0 amide bonds. The number of benzene rings is 3. The van der Waals surface area contributed by atoms with E-state index in [0.717, 1.165) is 0 Å². The molecule has 3 aromatic rings. The molecule has 1 N–H and O–H groups in total. The van der Waals surface area contributed by atoms with Gasteiger partial charge in [-0.2, -0.15) is 8.42 Å². The van der Waals surface area contributed by atoms with E-state index >= 15 is 0 Å². The first-order chi connectivity index (χ1) is 14.1. The van der Waals surface area contributed by atoms with Gasteiger partial charge in [0.1, 0.15) is 10.6 Å². The van der Waals surface area contributed by atoms with E-state index in [0.29, 0.717) is 28.0 Å². The highest BCUT2D eigenvalue weighted by atomic mass is 32.2. The Morgan fingerprint density at radius 2 is 1.27 bits per heavy atom. The lowest BCUT2D eigenvalue weighted by molar-refractivity contribution is -0.120. The van der Waals surface area contributed by atoms with Crippen molar-refractivity contribution < 1.29 is 22.4 Å². The summed E-state index contributed by atoms with van der Waals surface area (Å²) in [6.45, 7) is 5.97. The van der Waals surface area contributed by atoms with Gasteiger partial charge >= 0.3 is 0 Å². The Kier molecular flexibility index (Phi) is 6.31. The molecule has 6 heteroatoms. The maximum atomic E-state index is 12.5. The molecule has 1 atom stereocenters. The van der Waals surface area contributed by atoms with Gasteiger partial charge in [0.15, 0.2) is 0 Å². The molecular formula is C24H26O5S. The summed E-state index contributed by atoms with van der Waals surface area (Å²) in [5, 5.41) is 0. The Morgan fingerprint density at radius 3 is 1.60 bits per heavy atom. The van der Waals surface area contributed by atoms with Crippen molar-refractivity contribution in [2.24, 2.45) is 5.41 Å². The zero-order valence-electron chi connectivity index (χ0n) is 17.5. The zero-order chi connectivity index (χ0) is 21.9. The van der Waals surface area contributed by atoms with Crippen LogP contribution in [0.25, 0.3) is 22.3 Å². The number of ether oxygens (including phenoxy) is 2. The molecule has 30 heavy (non-hydrogen) atoms. The van der Waals surface area contributed by atoms with E-state index in [1.54, 1.807) is 43.5 Å². The summed E-state index contributed by atoms with van der Waals surface area (Å²) in [7, 11) is -2.96. The van der Waals surface area contributed by atoms with Gasteiger partial charge in [-0.15, -0.1) is 0 Å². The highest BCUT2D eigenvalue weighted by molar-refractivity contribution is 7.86. The van der Waals surface area contributed by atoms with E-state index in [2.05, 4.69) is 0 Å². The molecule has 3 rings (SSSR count). The first kappa shape index (κ1) is 22.0. The Labute approximate surface area is 178 Å². The second kappa shape index (κ2) is 8.60. The maximum Gasteiger partial charge on any atom is 0.295 e. The van der Waals surface area contributed by atoms with Crippen LogP contribution < -0.4 is 4.74 Å². The maximum absolute atomic E-state index is 12.5. The minimum Gasteiger partial charge on any atom is -0.464 e. The van der Waals surface area contributed by atoms with Crippen LogP contribution >= 0.6 is 0 Å². The van der Waals surface area contributed by atoms with Crippen LogP contribution in [0.1, 0.15) is 20.8 Å². The molecule has 0 spiro atoms. The number of hydrogen-bond acceptors (Lipinski definition) is 4. The molecule has 0 fully saturated rings. The number of rotatable bonds is 6. The summed E-state index contributed by atoms with van der Waals surface area (Å²) in [5.41, 5.74) is 1.71. The zero-order valence-corrected chi connectivity index (χ0v) is 18.3. The molecule has 158 valence electrons. The Morgan fingerprint density at radius 1 is 0.833 bits per heavy atom. The lowest BCUT2D eigenvalue weighted by Crippen LogP contribution is -2.33. The van der Waals surface area contributed by atoms with Crippen molar-refractivity contribution in [3.63, 3.8) is 0 Å². The average molecular weight is 427 g/mol. The van der Waals surface area contributed by atoms with Gasteiger partial charge in [-0.3, -0.25) is 4.55 Å². The van der Waals surface area contributed by atoms with Gasteiger partial charge in [0, 0.05) is 23.7 Å². The number of methoxy groups -OCH3 is 1. The van der Waals surface area contributed by atoms with Crippen molar-refractivity contribution in [1.82, 2.24) is 0 Å². The SMILES string of the molecule is COC(Oc1cc(-c2ccccc2)c(S(=O)(=O)O)c(-c2ccccc2)c1)C(C)(C)C. The molecule has 0 radical (unpaired) electrons. The smallest absolute Gasteiger partial charge is 0.295 e. The first-order valence-electron chi connectivity index (χ1n) is 9.57. The predicted molar refractivity (Wildman–Crippen MR) is 118 cm³/mol. The van der Waals surface area contributed by atoms with Crippen molar-refractivity contribution in [3.8, 4) is 28.0 Å². The van der Waals surface area contributed by atoms with Crippen LogP contribution in [0.2, 0.25) is 0 Å². The standard InChI is InChI=1S/C24H26O5S/c1-24(2,3)23(28-4)29-19-15-20(17-11-7-5-8-12-17)22(30(25,26)27)21(16-19)18-13-9-6-10-14-18/h5-16,23H,1-4H3,(H,25,26,27). The van der Waals surface area contributed by atoms with Crippen LogP contribution in [-0.4, -0.2) is 26.4 Å². The largest absolute Gasteiger partial charge is 0.464 e. The minimum atomic E-state index is -4.53. The van der Waals surface area contributed by atoms with E-state index in [1.807, 2.05) is 57.2 Å². The average Bonchev–Trinajstić information content (AvgIpc) is 2.71. The second-order valence-corrected chi connectivity index (χ2v) is 9.46. The fourth-order valence-corrected chi connectivity index (χ4v) is 4.22. The van der Waals surface area contributed by atoms with E-state index in [4.69, 9.17) is 9.47 Å². The van der Waals surface area contributed by atoms with Crippen LogP contribution in [0.3, 0.4) is 0 Å². The van der Waals surface area contributed by atoms with Gasteiger partial charge in [0.2, 0.25) is 6.29 Å². The molecule has 0 heterocycles. The highest BCUT2D eigenvalue weighted by Gasteiger charge is 2.29. The van der Waals surface area contributed by atoms with Gasteiger partial charge in [-0.05, 0) is 23.3 Å². The predicted octanol–water partition coefficient (Wildman–Crippen LogP) is 5.66. The van der Waals surface area contributed by atoms with Crippen molar-refractivity contribution >= 4 is 10.1 Å². The van der Waals surface area contributed by atoms with Crippen molar-refractivity contribution in [1.29, 1.82) is 0 Å². The van der Waals surface area contributed by atoms with Crippen molar-refractivity contribution in [2.45, 2.75) is 32.0 Å². The van der Waals surface area contributed by atoms with E-state index < -0.39 is 16.4 Å². The Hall–Kier alpha value is -2.67. The monoisotopic (exact) mass is 426 g/mol. The molecule has 0 bridgehead atoms. The van der Waals surface area contributed by atoms with Gasteiger partial charge in [-0.25, -0.2) is 0 Å². The van der Waals surface area contributed by atoms with E-state index in [-0.39, 0.29) is 10.3 Å². The lowest BCUT2D eigenvalue weighted by atomic mass is 9.95. The third-order valence-electron chi connectivity index (χ3n) is 4.65. The summed E-state index contributed by atoms with van der Waals surface area (Å²) in [6.07, 6.45) is -0.554. The molecule has 0 aliphatic carbocycles. The molecule has 0 aliphatic heterocycles. The van der Waals surface area contributed by atoms with E-state index in [1.165, 1.54) is 0 Å². The quantitative estimate of drug-likeness (QED) is 0.406. The van der Waals surface area contributed by atoms with Crippen LogP contribution in [0.4, 0.5) is 0 Å². The summed E-state index contributed by atoms with van der Waals surface area (Å²) in [4.78, 5) is -0.156. The van der Waals surface area contributed by atoms with Crippen LogP contribution in [-0.2, 0) is 14.9 Å². The minimum absolute atomic E-state index is 0.156. The lowest BCUT2D eigenvalue weighted by Gasteiger charge is -2.30. The molecule has 0 saturated carbocycles. The molecule has 0 aliphatic rings. The summed E-state index contributed by atoms with van der Waals surface area (Å²) in [5.74, 6) is 0.446. The van der Waals surface area contributed by atoms with Gasteiger partial charge < -0.3 is 9.47 Å². The van der Waals surface area contributed by atoms with Gasteiger partial charge in [-0.1, -0.05) is 81.4 Å². The summed E-state index contributed by atoms with van der Waals surface area (Å²) >= 11 is 0. The molecule has 0 aromatic heterocycles. The molecular weight excluding hydrogens is 400 g/mol. The topological polar surface area (TPSA) is 72.8 Å². The molecule has 3 aromatic carbocycles. The normalized spacial score (nSPS) is 13.1. The van der Waals surface area contributed by atoms with Gasteiger partial charge in [0.25, 0.3) is 10.1 Å². The summed E-state index contributed by atoms with van der Waals surface area (Å²) in [6, 6.07) is 21.4. The Balaban J connectivity index is 2.31. The molecule has 5 nitrogen and oxygen atoms in total. The molecule has 0 saturated heterocycles. The van der Waals surface area contributed by atoms with Gasteiger partial charge in [0.05, 0.1) is 0 Å². The first-order valence-corrected chi connectivity index (χ1v) is 11.0. The van der Waals surface area contributed by atoms with Crippen LogP contribution in [0.5, 0.6) is 5.75 Å². The fraction of sp³-hybridized carbons (Fsp3) is 0.250. The fourth-order valence-electron chi connectivity index (χ4n) is 3.31. The third kappa shape index (κ3) is 4.90. The third-order valence-corrected chi connectivity index (χ3v) is 5.61. The van der Waals surface area contributed by atoms with Crippen LogP contribution in [0.15, 0.2) is 77.7 Å². The molecule has 1 unspecified atom stereocenters. The highest BCUT2D eigenvalue weighted by Crippen LogP contribution is 2.40. The summed E-state index contributed by atoms with van der Waals surface area (Å²) < 4.78 is 46.7.